The van der Waals surface area contributed by atoms with Gasteiger partial charge in [0.25, 0.3) is 0 Å². The van der Waals surface area contributed by atoms with Crippen LogP contribution in [0.3, 0.4) is 0 Å². The lowest BCUT2D eigenvalue weighted by atomic mass is 10.0. The van der Waals surface area contributed by atoms with Crippen LogP contribution in [0, 0.1) is 5.92 Å². The quantitative estimate of drug-likeness (QED) is 0.702. The highest BCUT2D eigenvalue weighted by Crippen LogP contribution is 2.25. The average molecular weight is 406 g/mol. The van der Waals surface area contributed by atoms with Crippen molar-refractivity contribution in [1.29, 1.82) is 0 Å². The number of carbonyl (C=O) groups is 3. The molecule has 2 atom stereocenters. The Hall–Kier alpha value is -2.87. The number of primary amides is 1. The van der Waals surface area contributed by atoms with Crippen LogP contribution >= 0.6 is 11.6 Å². The lowest BCUT2D eigenvalue weighted by Crippen LogP contribution is -2.31. The Bertz CT molecular complexity index is 854. The molecule has 0 unspecified atom stereocenters. The van der Waals surface area contributed by atoms with Crippen molar-refractivity contribution in [2.24, 2.45) is 11.7 Å². The number of nitrogens with two attached hydrogens (primary N) is 1. The number of esters is 1. The van der Waals surface area contributed by atoms with Gasteiger partial charge in [-0.05, 0) is 12.1 Å². The second kappa shape index (κ2) is 8.88. The minimum absolute atomic E-state index is 0.0359. The third-order valence-corrected chi connectivity index (χ3v) is 4.76. The molecule has 0 spiro atoms. The molecule has 2 heterocycles. The number of aryl methyl sites for hydroxylation is 1. The molecule has 0 aliphatic carbocycles. The lowest BCUT2D eigenvalue weighted by molar-refractivity contribution is -0.130. The largest absolute Gasteiger partial charge is 0.457 e. The van der Waals surface area contributed by atoms with Gasteiger partial charge in [-0.3, -0.25) is 9.59 Å². The number of amides is 2. The van der Waals surface area contributed by atoms with Crippen LogP contribution in [0.2, 0.25) is 5.15 Å². The Morgan fingerprint density at radius 1 is 1.25 bits per heavy atom. The summed E-state index contributed by atoms with van der Waals surface area (Å²) < 4.78 is 10.6. The maximum Gasteiger partial charge on any atom is 0.338 e. The Morgan fingerprint density at radius 2 is 2.00 bits per heavy atom. The van der Waals surface area contributed by atoms with Gasteiger partial charge in [0.1, 0.15) is 11.9 Å². The van der Waals surface area contributed by atoms with Gasteiger partial charge in [-0.2, -0.15) is 0 Å². The SMILES string of the molecule is NC(=O)C[C@H]1CN(C(=O)CCc2cc(Cl)no2)C[C@H]1OC(=O)c1ccccc1. The van der Waals surface area contributed by atoms with E-state index < -0.39 is 18.0 Å². The zero-order valence-corrected chi connectivity index (χ0v) is 15.8. The zero-order valence-electron chi connectivity index (χ0n) is 15.0. The summed E-state index contributed by atoms with van der Waals surface area (Å²) in [5.41, 5.74) is 5.73. The molecule has 1 aliphatic heterocycles. The fourth-order valence-corrected chi connectivity index (χ4v) is 3.36. The maximum atomic E-state index is 12.5. The van der Waals surface area contributed by atoms with Gasteiger partial charge in [0, 0.05) is 37.8 Å². The second-order valence-corrected chi connectivity index (χ2v) is 7.04. The van der Waals surface area contributed by atoms with Gasteiger partial charge >= 0.3 is 5.97 Å². The van der Waals surface area contributed by atoms with Gasteiger partial charge in [-0.25, -0.2) is 4.79 Å². The van der Waals surface area contributed by atoms with Crippen molar-refractivity contribution in [3.8, 4) is 0 Å². The van der Waals surface area contributed by atoms with Gasteiger partial charge in [0.05, 0.1) is 12.1 Å². The van der Waals surface area contributed by atoms with E-state index in [9.17, 15) is 14.4 Å². The first-order valence-electron chi connectivity index (χ1n) is 8.85. The predicted molar refractivity (Wildman–Crippen MR) is 99.4 cm³/mol. The van der Waals surface area contributed by atoms with Gasteiger partial charge in [-0.15, -0.1) is 0 Å². The summed E-state index contributed by atoms with van der Waals surface area (Å²) in [4.78, 5) is 37.9. The van der Waals surface area contributed by atoms with Crippen LogP contribution < -0.4 is 5.73 Å². The van der Waals surface area contributed by atoms with Crippen molar-refractivity contribution >= 4 is 29.4 Å². The van der Waals surface area contributed by atoms with Gasteiger partial charge in [0.2, 0.25) is 11.8 Å². The Morgan fingerprint density at radius 3 is 2.64 bits per heavy atom. The zero-order chi connectivity index (χ0) is 20.1. The summed E-state index contributed by atoms with van der Waals surface area (Å²) in [6, 6.07) is 10.1. The molecule has 0 saturated carbocycles. The average Bonchev–Trinajstić information content (AvgIpc) is 3.26. The molecule has 3 rings (SSSR count). The van der Waals surface area contributed by atoms with E-state index in [2.05, 4.69) is 5.16 Å². The van der Waals surface area contributed by atoms with Crippen molar-refractivity contribution < 1.29 is 23.6 Å². The van der Waals surface area contributed by atoms with E-state index in [1.807, 2.05) is 0 Å². The van der Waals surface area contributed by atoms with E-state index in [0.717, 1.165) is 0 Å². The molecular weight excluding hydrogens is 386 g/mol. The molecule has 1 aromatic heterocycles. The molecule has 1 saturated heterocycles. The van der Waals surface area contributed by atoms with Gasteiger partial charge < -0.3 is 19.9 Å². The molecule has 8 nitrogen and oxygen atoms in total. The summed E-state index contributed by atoms with van der Waals surface area (Å²) >= 11 is 5.70. The van der Waals surface area contributed by atoms with E-state index in [1.54, 1.807) is 41.3 Å². The minimum Gasteiger partial charge on any atom is -0.457 e. The third-order valence-electron chi connectivity index (χ3n) is 4.58. The van der Waals surface area contributed by atoms with Crippen molar-refractivity contribution in [1.82, 2.24) is 10.1 Å². The molecule has 0 bridgehead atoms. The van der Waals surface area contributed by atoms with Crippen LogP contribution in [0.1, 0.15) is 29.0 Å². The molecule has 0 radical (unpaired) electrons. The van der Waals surface area contributed by atoms with Crippen LogP contribution in [-0.2, 0) is 20.7 Å². The topological polar surface area (TPSA) is 116 Å². The molecule has 2 N–H and O–H groups in total. The molecule has 2 aromatic rings. The number of benzene rings is 1. The van der Waals surface area contributed by atoms with Crippen LogP contribution in [-0.4, -0.2) is 47.0 Å². The highest BCUT2D eigenvalue weighted by atomic mass is 35.5. The number of halogens is 1. The van der Waals surface area contributed by atoms with Gasteiger partial charge in [-0.1, -0.05) is 35.0 Å². The minimum atomic E-state index is -0.594. The number of likely N-dealkylation sites (tertiary alicyclic amines) is 1. The van der Waals surface area contributed by atoms with E-state index in [0.29, 0.717) is 24.3 Å². The smallest absolute Gasteiger partial charge is 0.338 e. The second-order valence-electron chi connectivity index (χ2n) is 6.65. The van der Waals surface area contributed by atoms with Gasteiger partial charge in [0.15, 0.2) is 5.15 Å². The van der Waals surface area contributed by atoms with E-state index in [4.69, 9.17) is 26.6 Å². The number of ether oxygens (including phenoxy) is 1. The number of nitrogens with zero attached hydrogens (tertiary/aromatic N) is 2. The molecule has 9 heteroatoms. The first kappa shape index (κ1) is 19.9. The Kier molecular flexibility index (Phi) is 6.30. The molecule has 148 valence electrons. The fraction of sp³-hybridized carbons (Fsp3) is 0.368. The summed E-state index contributed by atoms with van der Waals surface area (Å²) in [6.45, 7) is 0.512. The highest BCUT2D eigenvalue weighted by Gasteiger charge is 2.38. The van der Waals surface area contributed by atoms with Crippen LogP contribution in [0.15, 0.2) is 40.9 Å². The van der Waals surface area contributed by atoms with Crippen molar-refractivity contribution in [3.05, 3.63) is 52.9 Å². The third kappa shape index (κ3) is 5.10. The number of carbonyl (C=O) groups excluding carboxylic acids is 3. The lowest BCUT2D eigenvalue weighted by Gasteiger charge is -2.17. The number of rotatable bonds is 7. The molecular formula is C19H20ClN3O5. The normalized spacial score (nSPS) is 18.8. The Labute approximate surface area is 166 Å². The van der Waals surface area contributed by atoms with E-state index in [1.165, 1.54) is 0 Å². The van der Waals surface area contributed by atoms with Crippen molar-refractivity contribution in [2.45, 2.75) is 25.4 Å². The molecule has 2 amide bonds. The number of aromatic nitrogens is 1. The van der Waals surface area contributed by atoms with Crippen LogP contribution in [0.5, 0.6) is 0 Å². The summed E-state index contributed by atoms with van der Waals surface area (Å²) in [7, 11) is 0. The molecule has 1 aromatic carbocycles. The van der Waals surface area contributed by atoms with Crippen LogP contribution in [0.4, 0.5) is 0 Å². The number of hydrogen-bond donors (Lipinski definition) is 1. The maximum absolute atomic E-state index is 12.5. The first-order chi connectivity index (χ1) is 13.4. The number of hydrogen-bond acceptors (Lipinski definition) is 6. The highest BCUT2D eigenvalue weighted by molar-refractivity contribution is 6.29. The van der Waals surface area contributed by atoms with Crippen molar-refractivity contribution in [2.75, 3.05) is 13.1 Å². The van der Waals surface area contributed by atoms with E-state index >= 15 is 0 Å². The first-order valence-corrected chi connectivity index (χ1v) is 9.23. The molecule has 1 fully saturated rings. The van der Waals surface area contributed by atoms with E-state index in [-0.39, 0.29) is 36.4 Å². The monoisotopic (exact) mass is 405 g/mol. The fourth-order valence-electron chi connectivity index (χ4n) is 3.21. The molecule has 28 heavy (non-hydrogen) atoms. The summed E-state index contributed by atoms with van der Waals surface area (Å²) in [5.74, 6) is -0.964. The summed E-state index contributed by atoms with van der Waals surface area (Å²) in [6.07, 6.45) is -0.0178. The Balaban J connectivity index is 1.61. The van der Waals surface area contributed by atoms with Crippen LogP contribution in [0.25, 0.3) is 0 Å². The van der Waals surface area contributed by atoms with Crippen molar-refractivity contribution in [3.63, 3.8) is 0 Å². The predicted octanol–water partition coefficient (Wildman–Crippen LogP) is 1.82. The standard InChI is InChI=1S/C19H20ClN3O5/c20-16-9-14(28-22-16)6-7-18(25)23-10-13(8-17(21)24)15(11-23)27-19(26)12-4-2-1-3-5-12/h1-5,9,13,15H,6-8,10-11H2,(H2,21,24)/t13-,15+/m0/s1. The summed E-state index contributed by atoms with van der Waals surface area (Å²) in [5, 5.41) is 3.80. The molecule has 1 aliphatic rings.